The molecule has 0 unspecified atom stereocenters. The number of hydrogen-bond donors (Lipinski definition) is 0. The number of fused-ring (bicyclic) bond motifs is 1. The van der Waals surface area contributed by atoms with Crippen molar-refractivity contribution in [2.45, 2.75) is 39.0 Å². The first-order valence-electron chi connectivity index (χ1n) is 9.58. The van der Waals surface area contributed by atoms with E-state index in [-0.39, 0.29) is 17.2 Å². The number of likely N-dealkylation sites (tertiary alicyclic amines) is 2. The van der Waals surface area contributed by atoms with E-state index in [1.165, 1.54) is 24.2 Å². The maximum absolute atomic E-state index is 13.2. The molecular weight excluding hydrogens is 348 g/mol. The summed E-state index contributed by atoms with van der Waals surface area (Å²) in [5.74, 6) is 1.02. The SMILES string of the molecule is Cc1nc2sccn2c1C(=O)N1CC[C@@]2(CCCN(CC3CC3)C2=O)C1. The fourth-order valence-electron chi connectivity index (χ4n) is 4.66. The maximum atomic E-state index is 13.2. The van der Waals surface area contributed by atoms with Crippen LogP contribution in [-0.2, 0) is 4.79 Å². The van der Waals surface area contributed by atoms with Gasteiger partial charge in [-0.3, -0.25) is 14.0 Å². The molecule has 2 aliphatic heterocycles. The van der Waals surface area contributed by atoms with Gasteiger partial charge in [0.2, 0.25) is 5.91 Å². The van der Waals surface area contributed by atoms with E-state index in [0.717, 1.165) is 48.9 Å². The van der Waals surface area contributed by atoms with Gasteiger partial charge < -0.3 is 9.80 Å². The van der Waals surface area contributed by atoms with Crippen LogP contribution < -0.4 is 0 Å². The molecule has 6 nitrogen and oxygen atoms in total. The van der Waals surface area contributed by atoms with E-state index in [2.05, 4.69) is 9.88 Å². The van der Waals surface area contributed by atoms with E-state index in [1.807, 2.05) is 27.8 Å². The molecule has 138 valence electrons. The van der Waals surface area contributed by atoms with Gasteiger partial charge in [0.05, 0.1) is 11.1 Å². The highest BCUT2D eigenvalue weighted by atomic mass is 32.1. The molecule has 0 radical (unpaired) electrons. The Balaban J connectivity index is 1.37. The number of thiazole rings is 1. The minimum Gasteiger partial charge on any atom is -0.342 e. The van der Waals surface area contributed by atoms with Crippen LogP contribution in [0.25, 0.3) is 4.96 Å². The Bertz CT molecular complexity index is 883. The largest absolute Gasteiger partial charge is 0.342 e. The molecular formula is C19H24N4O2S. The van der Waals surface area contributed by atoms with E-state index in [9.17, 15) is 9.59 Å². The molecule has 1 saturated carbocycles. The van der Waals surface area contributed by atoms with Crippen LogP contribution in [0.4, 0.5) is 0 Å². The lowest BCUT2D eigenvalue weighted by Crippen LogP contribution is -2.51. The van der Waals surface area contributed by atoms with Crippen LogP contribution >= 0.6 is 11.3 Å². The summed E-state index contributed by atoms with van der Waals surface area (Å²) in [4.78, 5) is 35.7. The minimum absolute atomic E-state index is 0.0115. The van der Waals surface area contributed by atoms with Gasteiger partial charge in [0, 0.05) is 37.8 Å². The van der Waals surface area contributed by atoms with Crippen LogP contribution in [-0.4, -0.2) is 57.2 Å². The molecule has 1 atom stereocenters. The third-order valence-corrected chi connectivity index (χ3v) is 7.04. The number of carbonyl (C=O) groups excluding carboxylic acids is 2. The molecule has 0 bridgehead atoms. The van der Waals surface area contributed by atoms with Gasteiger partial charge in [0.25, 0.3) is 5.91 Å². The Morgan fingerprint density at radius 2 is 2.19 bits per heavy atom. The third-order valence-electron chi connectivity index (χ3n) is 6.28. The van der Waals surface area contributed by atoms with Crippen LogP contribution in [0, 0.1) is 18.3 Å². The van der Waals surface area contributed by atoms with Crippen LogP contribution in [0.15, 0.2) is 11.6 Å². The number of rotatable bonds is 3. The van der Waals surface area contributed by atoms with E-state index in [4.69, 9.17) is 0 Å². The number of aryl methyl sites for hydroxylation is 1. The zero-order chi connectivity index (χ0) is 17.9. The number of carbonyl (C=O) groups is 2. The average Bonchev–Trinajstić information content (AvgIpc) is 3.02. The number of nitrogens with zero attached hydrogens (tertiary/aromatic N) is 4. The third kappa shape index (κ3) is 2.47. The number of piperidine rings is 1. The number of hydrogen-bond acceptors (Lipinski definition) is 4. The number of aromatic nitrogens is 2. The molecule has 1 spiro atoms. The van der Waals surface area contributed by atoms with Gasteiger partial charge >= 0.3 is 0 Å². The first-order chi connectivity index (χ1) is 12.6. The normalized spacial score (nSPS) is 26.4. The fourth-order valence-corrected chi connectivity index (χ4v) is 5.42. The van der Waals surface area contributed by atoms with Gasteiger partial charge in [-0.05, 0) is 44.9 Å². The molecule has 7 heteroatoms. The predicted molar refractivity (Wildman–Crippen MR) is 99.3 cm³/mol. The van der Waals surface area contributed by atoms with Crippen molar-refractivity contribution in [3.05, 3.63) is 23.0 Å². The molecule has 1 aliphatic carbocycles. The topological polar surface area (TPSA) is 57.9 Å². The Morgan fingerprint density at radius 3 is 3.00 bits per heavy atom. The monoisotopic (exact) mass is 372 g/mol. The maximum Gasteiger partial charge on any atom is 0.272 e. The smallest absolute Gasteiger partial charge is 0.272 e. The molecule has 2 aromatic heterocycles. The summed E-state index contributed by atoms with van der Waals surface area (Å²) < 4.78 is 1.88. The summed E-state index contributed by atoms with van der Waals surface area (Å²) in [6.45, 7) is 4.93. The van der Waals surface area contributed by atoms with E-state index in [0.29, 0.717) is 18.8 Å². The zero-order valence-electron chi connectivity index (χ0n) is 15.1. The average molecular weight is 372 g/mol. The van der Waals surface area contributed by atoms with Crippen LogP contribution in [0.3, 0.4) is 0 Å². The van der Waals surface area contributed by atoms with Crippen LogP contribution in [0.2, 0.25) is 0 Å². The molecule has 2 amide bonds. The molecule has 4 heterocycles. The van der Waals surface area contributed by atoms with Gasteiger partial charge in [-0.25, -0.2) is 4.98 Å². The molecule has 3 fully saturated rings. The Kier molecular flexibility index (Phi) is 3.64. The first-order valence-corrected chi connectivity index (χ1v) is 10.5. The highest BCUT2D eigenvalue weighted by Crippen LogP contribution is 2.42. The second kappa shape index (κ2) is 5.81. The lowest BCUT2D eigenvalue weighted by molar-refractivity contribution is -0.145. The highest BCUT2D eigenvalue weighted by molar-refractivity contribution is 7.15. The van der Waals surface area contributed by atoms with Crippen molar-refractivity contribution in [3.63, 3.8) is 0 Å². The van der Waals surface area contributed by atoms with Gasteiger partial charge in [-0.2, -0.15) is 0 Å². The molecule has 2 aromatic rings. The van der Waals surface area contributed by atoms with Gasteiger partial charge in [0.1, 0.15) is 5.69 Å². The highest BCUT2D eigenvalue weighted by Gasteiger charge is 2.50. The molecule has 2 saturated heterocycles. The van der Waals surface area contributed by atoms with Crippen LogP contribution in [0.1, 0.15) is 48.3 Å². The Morgan fingerprint density at radius 1 is 1.35 bits per heavy atom. The van der Waals surface area contributed by atoms with E-state index >= 15 is 0 Å². The quantitative estimate of drug-likeness (QED) is 0.832. The van der Waals surface area contributed by atoms with Crippen molar-refractivity contribution in [3.8, 4) is 0 Å². The summed E-state index contributed by atoms with van der Waals surface area (Å²) in [7, 11) is 0. The van der Waals surface area contributed by atoms with E-state index < -0.39 is 0 Å². The van der Waals surface area contributed by atoms with E-state index in [1.54, 1.807) is 0 Å². The van der Waals surface area contributed by atoms with Crippen molar-refractivity contribution in [2.75, 3.05) is 26.2 Å². The summed E-state index contributed by atoms with van der Waals surface area (Å²) in [5.41, 5.74) is 1.07. The molecule has 0 aromatic carbocycles. The van der Waals surface area contributed by atoms with Gasteiger partial charge in [-0.1, -0.05) is 0 Å². The molecule has 0 N–H and O–H groups in total. The molecule has 26 heavy (non-hydrogen) atoms. The standard InChI is InChI=1S/C19H24N4O2S/c1-13-15(23-9-10-26-18(23)20-13)16(24)22-8-6-19(12-22)5-2-7-21(17(19)25)11-14-3-4-14/h9-10,14H,2-8,11-12H2,1H3/t19-/m0/s1. The van der Waals surface area contributed by atoms with Crippen molar-refractivity contribution in [2.24, 2.45) is 11.3 Å². The van der Waals surface area contributed by atoms with Crippen molar-refractivity contribution in [1.29, 1.82) is 0 Å². The van der Waals surface area contributed by atoms with Gasteiger partial charge in [-0.15, -0.1) is 11.3 Å². The number of amides is 2. The lowest BCUT2D eigenvalue weighted by Gasteiger charge is -2.39. The molecule has 5 rings (SSSR count). The number of imidazole rings is 1. The predicted octanol–water partition coefficient (Wildman–Crippen LogP) is 2.57. The lowest BCUT2D eigenvalue weighted by atomic mass is 9.78. The Hall–Kier alpha value is -1.89. The summed E-state index contributed by atoms with van der Waals surface area (Å²) in [6, 6.07) is 0. The second-order valence-electron chi connectivity index (χ2n) is 8.16. The van der Waals surface area contributed by atoms with Gasteiger partial charge in [0.15, 0.2) is 4.96 Å². The van der Waals surface area contributed by atoms with Crippen LogP contribution in [0.5, 0.6) is 0 Å². The minimum atomic E-state index is -0.352. The van der Waals surface area contributed by atoms with Crippen molar-refractivity contribution >= 4 is 28.1 Å². The fraction of sp³-hybridized carbons (Fsp3) is 0.632. The van der Waals surface area contributed by atoms with Crippen molar-refractivity contribution < 1.29 is 9.59 Å². The summed E-state index contributed by atoms with van der Waals surface area (Å²) >= 11 is 1.54. The summed E-state index contributed by atoms with van der Waals surface area (Å²) in [5, 5.41) is 1.95. The summed E-state index contributed by atoms with van der Waals surface area (Å²) in [6.07, 6.45) is 7.19. The molecule has 3 aliphatic rings. The Labute approximate surface area is 156 Å². The zero-order valence-corrected chi connectivity index (χ0v) is 15.9. The van der Waals surface area contributed by atoms with Crippen molar-refractivity contribution in [1.82, 2.24) is 19.2 Å². The first kappa shape index (κ1) is 16.3. The second-order valence-corrected chi connectivity index (χ2v) is 9.03.